The predicted molar refractivity (Wildman–Crippen MR) is 75.9 cm³/mol. The van der Waals surface area contributed by atoms with Gasteiger partial charge in [0.25, 0.3) is 0 Å². The van der Waals surface area contributed by atoms with Crippen LogP contribution in [0.1, 0.15) is 5.56 Å². The average Bonchev–Trinajstić information content (AvgIpc) is 2.63. The topological polar surface area (TPSA) is 45.2 Å². The Labute approximate surface area is 116 Å². The molecule has 3 rings (SSSR count). The van der Waals surface area contributed by atoms with Gasteiger partial charge in [0.1, 0.15) is 5.88 Å². The summed E-state index contributed by atoms with van der Waals surface area (Å²) in [4.78, 5) is 18.1. The van der Waals surface area contributed by atoms with Gasteiger partial charge in [-0.05, 0) is 23.8 Å². The monoisotopic (exact) mass is 273 g/mol. The van der Waals surface area contributed by atoms with Crippen molar-refractivity contribution in [2.24, 2.45) is 0 Å². The molecule has 0 unspecified atom stereocenters. The van der Waals surface area contributed by atoms with Crippen LogP contribution in [0.3, 0.4) is 0 Å². The fourth-order valence-corrected chi connectivity index (χ4v) is 2.33. The third-order valence-electron chi connectivity index (χ3n) is 3.06. The average molecular weight is 274 g/mol. The molecule has 0 radical (unpaired) electrons. The number of hydrogen-bond donors (Lipinski definition) is 1. The van der Waals surface area contributed by atoms with Crippen LogP contribution in [0, 0.1) is 0 Å². The van der Waals surface area contributed by atoms with Crippen molar-refractivity contribution in [2.45, 2.75) is 6.54 Å². The number of pyridine rings is 1. The molecule has 1 aliphatic rings. The van der Waals surface area contributed by atoms with Crippen LogP contribution in [0.2, 0.25) is 0 Å². The molecule has 0 spiro atoms. The van der Waals surface area contributed by atoms with E-state index >= 15 is 0 Å². The molecule has 0 aliphatic carbocycles. The number of carbonyl (C=O) groups excluding carboxylic acids is 1. The molecule has 2 heterocycles. The molecular weight excluding hydrogens is 262 g/mol. The van der Waals surface area contributed by atoms with Crippen LogP contribution in [0.4, 0.5) is 17.2 Å². The smallest absolute Gasteiger partial charge is 0.247 e. The van der Waals surface area contributed by atoms with Crippen LogP contribution in [0.5, 0.6) is 0 Å². The van der Waals surface area contributed by atoms with Crippen molar-refractivity contribution in [3.05, 3.63) is 48.2 Å². The van der Waals surface area contributed by atoms with Gasteiger partial charge in [-0.1, -0.05) is 18.2 Å². The highest BCUT2D eigenvalue weighted by atomic mass is 35.5. The highest BCUT2D eigenvalue weighted by molar-refractivity contribution is 6.30. The van der Waals surface area contributed by atoms with Crippen LogP contribution in [0.25, 0.3) is 0 Å². The Hall–Kier alpha value is -2.07. The fraction of sp³-hybridized carbons (Fsp3) is 0.143. The Balaban J connectivity index is 2.22. The van der Waals surface area contributed by atoms with Crippen molar-refractivity contribution in [3.63, 3.8) is 0 Å². The zero-order chi connectivity index (χ0) is 13.2. The van der Waals surface area contributed by atoms with Crippen LogP contribution < -0.4 is 10.2 Å². The van der Waals surface area contributed by atoms with Gasteiger partial charge < -0.3 is 5.32 Å². The van der Waals surface area contributed by atoms with Crippen molar-refractivity contribution in [1.82, 2.24) is 4.98 Å². The van der Waals surface area contributed by atoms with Crippen molar-refractivity contribution >= 4 is 34.7 Å². The fourth-order valence-electron chi connectivity index (χ4n) is 2.21. The van der Waals surface area contributed by atoms with Gasteiger partial charge in [0.05, 0.1) is 11.4 Å². The molecule has 0 saturated carbocycles. The summed E-state index contributed by atoms with van der Waals surface area (Å²) in [6.45, 7) is 0.654. The number of nitrogens with zero attached hydrogens (tertiary/aromatic N) is 2. The first-order chi connectivity index (χ1) is 9.31. The molecule has 96 valence electrons. The summed E-state index contributed by atoms with van der Waals surface area (Å²) in [5.74, 6) is 0.334. The van der Waals surface area contributed by atoms with Gasteiger partial charge in [0, 0.05) is 12.7 Å². The molecule has 1 aromatic carbocycles. The number of aromatic nitrogens is 1. The first-order valence-corrected chi connectivity index (χ1v) is 6.50. The van der Waals surface area contributed by atoms with E-state index in [4.69, 9.17) is 11.6 Å². The number of halogens is 1. The lowest BCUT2D eigenvalue weighted by Crippen LogP contribution is -2.28. The second kappa shape index (κ2) is 4.90. The minimum atomic E-state index is -0.183. The molecule has 1 N–H and O–H groups in total. The molecule has 2 aromatic rings. The lowest BCUT2D eigenvalue weighted by Gasteiger charge is -2.22. The van der Waals surface area contributed by atoms with Gasteiger partial charge in [-0.25, -0.2) is 4.98 Å². The lowest BCUT2D eigenvalue weighted by atomic mass is 10.1. The molecule has 0 fully saturated rings. The maximum Gasteiger partial charge on any atom is 0.247 e. The van der Waals surface area contributed by atoms with E-state index in [1.165, 1.54) is 0 Å². The first-order valence-electron chi connectivity index (χ1n) is 5.97. The summed E-state index contributed by atoms with van der Waals surface area (Å²) >= 11 is 5.73. The number of anilines is 3. The predicted octanol–water partition coefficient (Wildman–Crippen LogP) is 2.91. The number of carbonyl (C=O) groups is 1. The number of rotatable bonds is 1. The normalized spacial score (nSPS) is 13.0. The summed E-state index contributed by atoms with van der Waals surface area (Å²) < 4.78 is 0. The van der Waals surface area contributed by atoms with E-state index < -0.39 is 0 Å². The molecule has 0 saturated heterocycles. The summed E-state index contributed by atoms with van der Waals surface area (Å²) in [7, 11) is 0. The maximum absolute atomic E-state index is 12.2. The summed E-state index contributed by atoms with van der Waals surface area (Å²) in [6.07, 6.45) is 1.67. The minimum Gasteiger partial charge on any atom is -0.378 e. The second-order valence-corrected chi connectivity index (χ2v) is 4.49. The van der Waals surface area contributed by atoms with E-state index in [1.54, 1.807) is 11.1 Å². The van der Waals surface area contributed by atoms with Crippen molar-refractivity contribution in [3.8, 4) is 0 Å². The van der Waals surface area contributed by atoms with Gasteiger partial charge in [0.2, 0.25) is 5.91 Å². The van der Waals surface area contributed by atoms with Gasteiger partial charge in [-0.2, -0.15) is 0 Å². The van der Waals surface area contributed by atoms with Crippen molar-refractivity contribution in [1.29, 1.82) is 0 Å². The maximum atomic E-state index is 12.2. The molecule has 0 atom stereocenters. The Morgan fingerprint density at radius 3 is 3.00 bits per heavy atom. The molecule has 1 aromatic heterocycles. The summed E-state index contributed by atoms with van der Waals surface area (Å²) in [6, 6.07) is 11.5. The number of hydrogen-bond acceptors (Lipinski definition) is 3. The molecule has 5 heteroatoms. The van der Waals surface area contributed by atoms with Crippen LogP contribution >= 0.6 is 11.6 Å². The van der Waals surface area contributed by atoms with E-state index in [0.717, 1.165) is 16.9 Å². The molecule has 19 heavy (non-hydrogen) atoms. The van der Waals surface area contributed by atoms with Gasteiger partial charge in [-0.15, -0.1) is 11.6 Å². The lowest BCUT2D eigenvalue weighted by molar-refractivity contribution is -0.115. The zero-order valence-electron chi connectivity index (χ0n) is 10.1. The Morgan fingerprint density at radius 1 is 1.32 bits per heavy atom. The number of nitrogens with one attached hydrogen (secondary N) is 1. The van der Waals surface area contributed by atoms with E-state index in [1.807, 2.05) is 36.4 Å². The number of alkyl halides is 1. The van der Waals surface area contributed by atoms with Crippen LogP contribution in [-0.4, -0.2) is 16.8 Å². The van der Waals surface area contributed by atoms with Crippen LogP contribution in [0.15, 0.2) is 42.6 Å². The number of benzene rings is 1. The quantitative estimate of drug-likeness (QED) is 0.813. The Morgan fingerprint density at radius 2 is 2.16 bits per heavy atom. The van der Waals surface area contributed by atoms with Gasteiger partial charge in [0.15, 0.2) is 5.82 Å². The SMILES string of the molecule is O=C(CCl)N1c2ccccc2CNc2cccnc21. The number of amides is 1. The van der Waals surface area contributed by atoms with Crippen LogP contribution in [-0.2, 0) is 11.3 Å². The zero-order valence-corrected chi connectivity index (χ0v) is 10.9. The standard InChI is InChI=1S/C14H12ClN3O/c15-8-13(19)18-12-6-2-1-4-10(12)9-17-11-5-3-7-16-14(11)18/h1-7,17H,8-9H2. The summed E-state index contributed by atoms with van der Waals surface area (Å²) in [5, 5.41) is 3.29. The first kappa shape index (κ1) is 12.0. The second-order valence-electron chi connectivity index (χ2n) is 4.22. The highest BCUT2D eigenvalue weighted by Gasteiger charge is 2.25. The third kappa shape index (κ3) is 2.04. The van der Waals surface area contributed by atoms with E-state index in [9.17, 15) is 4.79 Å². The van der Waals surface area contributed by atoms with E-state index in [0.29, 0.717) is 12.4 Å². The Kier molecular flexibility index (Phi) is 3.09. The molecule has 1 amide bonds. The number of fused-ring (bicyclic) bond motifs is 2. The van der Waals surface area contributed by atoms with E-state index in [2.05, 4.69) is 10.3 Å². The molecule has 1 aliphatic heterocycles. The molecule has 4 nitrogen and oxygen atoms in total. The summed E-state index contributed by atoms with van der Waals surface area (Å²) in [5.41, 5.74) is 2.70. The number of para-hydroxylation sites is 1. The van der Waals surface area contributed by atoms with Gasteiger partial charge >= 0.3 is 0 Å². The molecular formula is C14H12ClN3O. The van der Waals surface area contributed by atoms with E-state index in [-0.39, 0.29) is 11.8 Å². The highest BCUT2D eigenvalue weighted by Crippen LogP contribution is 2.36. The Bertz CT molecular complexity index is 582. The largest absolute Gasteiger partial charge is 0.378 e. The van der Waals surface area contributed by atoms with Gasteiger partial charge in [-0.3, -0.25) is 9.69 Å². The molecule has 0 bridgehead atoms. The third-order valence-corrected chi connectivity index (χ3v) is 3.29. The minimum absolute atomic E-state index is 0.0790. The van der Waals surface area contributed by atoms with Crippen molar-refractivity contribution < 1.29 is 4.79 Å². The van der Waals surface area contributed by atoms with Crippen molar-refractivity contribution in [2.75, 3.05) is 16.1 Å².